The first-order valence-electron chi connectivity index (χ1n) is 6.68. The average molecular weight is 405 g/mol. The summed E-state index contributed by atoms with van der Waals surface area (Å²) in [5.41, 5.74) is 2.58. The van der Waals surface area contributed by atoms with Crippen molar-refractivity contribution in [2.75, 3.05) is 6.61 Å². The highest BCUT2D eigenvalue weighted by Crippen LogP contribution is 2.35. The van der Waals surface area contributed by atoms with Crippen LogP contribution < -0.4 is 10.1 Å². The molecule has 0 aliphatic carbocycles. The third-order valence-corrected chi connectivity index (χ3v) is 3.78. The van der Waals surface area contributed by atoms with Gasteiger partial charge in [0.25, 0.3) is 0 Å². The number of allylic oxidation sites excluding steroid dienone is 1. The summed E-state index contributed by atoms with van der Waals surface area (Å²) in [4.78, 5) is 0. The average Bonchev–Trinajstić information content (AvgIpc) is 2.29. The van der Waals surface area contributed by atoms with Crippen LogP contribution in [0.5, 0.6) is 5.75 Å². The van der Waals surface area contributed by atoms with Crippen LogP contribution in [-0.4, -0.2) is 12.1 Å². The Morgan fingerprint density at radius 1 is 1.20 bits per heavy atom. The molecule has 0 bridgehead atoms. The molecule has 0 heterocycles. The molecule has 0 unspecified atom stereocenters. The van der Waals surface area contributed by atoms with E-state index in [1.807, 2.05) is 0 Å². The van der Waals surface area contributed by atoms with Gasteiger partial charge in [0.2, 0.25) is 0 Å². The van der Waals surface area contributed by atoms with E-state index >= 15 is 0 Å². The van der Waals surface area contributed by atoms with Gasteiger partial charge in [0.1, 0.15) is 12.4 Å². The molecule has 0 saturated carbocycles. The van der Waals surface area contributed by atoms with Crippen molar-refractivity contribution in [3.05, 3.63) is 38.3 Å². The van der Waals surface area contributed by atoms with E-state index in [-0.39, 0.29) is 5.54 Å². The van der Waals surface area contributed by atoms with Crippen molar-refractivity contribution < 1.29 is 4.74 Å². The van der Waals surface area contributed by atoms with E-state index in [1.165, 1.54) is 11.1 Å². The van der Waals surface area contributed by atoms with E-state index in [0.717, 1.165) is 21.2 Å². The fourth-order valence-electron chi connectivity index (χ4n) is 1.51. The van der Waals surface area contributed by atoms with E-state index in [2.05, 4.69) is 90.0 Å². The Kier molecular flexibility index (Phi) is 6.76. The van der Waals surface area contributed by atoms with Gasteiger partial charge in [-0.2, -0.15) is 0 Å². The number of nitrogens with one attached hydrogen (secondary N) is 1. The Bertz CT molecular complexity index is 463. The summed E-state index contributed by atoms with van der Waals surface area (Å²) in [5.74, 6) is 0.849. The Labute approximate surface area is 139 Å². The van der Waals surface area contributed by atoms with E-state index < -0.39 is 0 Å². The van der Waals surface area contributed by atoms with Gasteiger partial charge >= 0.3 is 0 Å². The topological polar surface area (TPSA) is 21.3 Å². The molecule has 0 aliphatic heterocycles. The second-order valence-corrected chi connectivity index (χ2v) is 7.79. The number of hydrogen-bond donors (Lipinski definition) is 1. The summed E-state index contributed by atoms with van der Waals surface area (Å²) in [5, 5.41) is 3.48. The summed E-state index contributed by atoms with van der Waals surface area (Å²) in [6.07, 6.45) is 2.06. The van der Waals surface area contributed by atoms with Crippen molar-refractivity contribution in [3.8, 4) is 5.75 Å². The smallest absolute Gasteiger partial charge is 0.148 e. The molecule has 0 atom stereocenters. The van der Waals surface area contributed by atoms with Crippen LogP contribution in [0.2, 0.25) is 0 Å². The van der Waals surface area contributed by atoms with Crippen LogP contribution >= 0.6 is 31.9 Å². The van der Waals surface area contributed by atoms with Crippen molar-refractivity contribution >= 4 is 31.9 Å². The van der Waals surface area contributed by atoms with Gasteiger partial charge in [-0.05, 0) is 90.3 Å². The summed E-state index contributed by atoms with van der Waals surface area (Å²) in [6, 6.07) is 4.20. The molecule has 0 spiro atoms. The zero-order chi connectivity index (χ0) is 15.3. The van der Waals surface area contributed by atoms with Crippen LogP contribution in [0.4, 0.5) is 0 Å². The first-order chi connectivity index (χ1) is 9.19. The molecule has 0 aromatic heterocycles. The fraction of sp³-hybridized carbons (Fsp3) is 0.500. The Balaban J connectivity index is 2.78. The minimum atomic E-state index is 0.109. The minimum Gasteiger partial charge on any atom is -0.487 e. The molecule has 0 aliphatic rings. The third kappa shape index (κ3) is 6.42. The van der Waals surface area contributed by atoms with Gasteiger partial charge in [-0.3, -0.25) is 0 Å². The lowest BCUT2D eigenvalue weighted by Gasteiger charge is -2.21. The lowest BCUT2D eigenvalue weighted by molar-refractivity contribution is 0.357. The SMILES string of the molecule is CC(C)=CCOc1c(Br)cc(CNC(C)(C)C)cc1Br. The number of benzene rings is 1. The molecular weight excluding hydrogens is 382 g/mol. The van der Waals surface area contributed by atoms with Crippen molar-refractivity contribution in [2.24, 2.45) is 0 Å². The van der Waals surface area contributed by atoms with Crippen molar-refractivity contribution in [1.82, 2.24) is 5.32 Å². The monoisotopic (exact) mass is 403 g/mol. The molecule has 20 heavy (non-hydrogen) atoms. The molecule has 4 heteroatoms. The highest BCUT2D eigenvalue weighted by atomic mass is 79.9. The normalized spacial score (nSPS) is 11.3. The van der Waals surface area contributed by atoms with Crippen LogP contribution in [0.1, 0.15) is 40.2 Å². The van der Waals surface area contributed by atoms with E-state index in [0.29, 0.717) is 6.61 Å². The van der Waals surface area contributed by atoms with Gasteiger partial charge < -0.3 is 10.1 Å². The van der Waals surface area contributed by atoms with Crippen LogP contribution in [0.3, 0.4) is 0 Å². The molecule has 0 radical (unpaired) electrons. The zero-order valence-electron chi connectivity index (χ0n) is 12.8. The Hall–Kier alpha value is -0.320. The Morgan fingerprint density at radius 2 is 1.75 bits per heavy atom. The van der Waals surface area contributed by atoms with Gasteiger partial charge in [0.15, 0.2) is 0 Å². The molecular formula is C16H23Br2NO. The van der Waals surface area contributed by atoms with Gasteiger partial charge in [-0.15, -0.1) is 0 Å². The summed E-state index contributed by atoms with van der Waals surface area (Å²) in [7, 11) is 0. The third-order valence-electron chi connectivity index (χ3n) is 2.60. The van der Waals surface area contributed by atoms with Crippen LogP contribution in [-0.2, 0) is 6.54 Å². The minimum absolute atomic E-state index is 0.109. The summed E-state index contributed by atoms with van der Waals surface area (Å²) in [6.45, 7) is 12.0. The number of halogens is 2. The largest absolute Gasteiger partial charge is 0.487 e. The van der Waals surface area contributed by atoms with Gasteiger partial charge in [0.05, 0.1) is 8.95 Å². The maximum atomic E-state index is 5.79. The highest BCUT2D eigenvalue weighted by Gasteiger charge is 2.12. The molecule has 0 amide bonds. The highest BCUT2D eigenvalue weighted by molar-refractivity contribution is 9.11. The molecule has 2 nitrogen and oxygen atoms in total. The molecule has 0 saturated heterocycles. The first kappa shape index (κ1) is 17.7. The second-order valence-electron chi connectivity index (χ2n) is 6.08. The van der Waals surface area contributed by atoms with Crippen molar-refractivity contribution in [1.29, 1.82) is 0 Å². The number of ether oxygens (including phenoxy) is 1. The summed E-state index contributed by atoms with van der Waals surface area (Å²) < 4.78 is 7.73. The van der Waals surface area contributed by atoms with Crippen LogP contribution in [0.25, 0.3) is 0 Å². The number of rotatable bonds is 5. The van der Waals surface area contributed by atoms with E-state index in [9.17, 15) is 0 Å². The molecule has 0 fully saturated rings. The molecule has 1 N–H and O–H groups in total. The lowest BCUT2D eigenvalue weighted by Crippen LogP contribution is -2.35. The molecule has 112 valence electrons. The second kappa shape index (κ2) is 7.62. The predicted molar refractivity (Wildman–Crippen MR) is 93.4 cm³/mol. The van der Waals surface area contributed by atoms with E-state index in [1.54, 1.807) is 0 Å². The summed E-state index contributed by atoms with van der Waals surface area (Å²) >= 11 is 7.16. The molecule has 1 aromatic carbocycles. The predicted octanol–water partition coefficient (Wildman–Crippen LogP) is 5.44. The lowest BCUT2D eigenvalue weighted by atomic mass is 10.1. The Morgan fingerprint density at radius 3 is 2.20 bits per heavy atom. The zero-order valence-corrected chi connectivity index (χ0v) is 16.0. The first-order valence-corrected chi connectivity index (χ1v) is 8.27. The van der Waals surface area contributed by atoms with Gasteiger partial charge in [-0.25, -0.2) is 0 Å². The van der Waals surface area contributed by atoms with E-state index in [4.69, 9.17) is 4.74 Å². The standard InChI is InChI=1S/C16H23Br2NO/c1-11(2)6-7-20-15-13(17)8-12(9-14(15)18)10-19-16(3,4)5/h6,8-9,19H,7,10H2,1-5H3. The van der Waals surface area contributed by atoms with Crippen LogP contribution in [0, 0.1) is 0 Å². The van der Waals surface area contributed by atoms with Crippen molar-refractivity contribution in [3.63, 3.8) is 0 Å². The molecule has 1 rings (SSSR count). The maximum absolute atomic E-state index is 5.79. The van der Waals surface area contributed by atoms with Crippen LogP contribution in [0.15, 0.2) is 32.7 Å². The van der Waals surface area contributed by atoms with Gasteiger partial charge in [-0.1, -0.05) is 5.57 Å². The molecule has 1 aromatic rings. The van der Waals surface area contributed by atoms with Gasteiger partial charge in [0, 0.05) is 12.1 Å². The number of hydrogen-bond acceptors (Lipinski definition) is 2. The fourth-order valence-corrected chi connectivity index (χ4v) is 3.02. The quantitative estimate of drug-likeness (QED) is 0.659. The maximum Gasteiger partial charge on any atom is 0.148 e. The van der Waals surface area contributed by atoms with Crippen molar-refractivity contribution in [2.45, 2.75) is 46.7 Å².